The van der Waals surface area contributed by atoms with Gasteiger partial charge in [-0.15, -0.1) is 0 Å². The van der Waals surface area contributed by atoms with E-state index in [0.717, 1.165) is 17.5 Å². The highest BCUT2D eigenvalue weighted by molar-refractivity contribution is 5.83. The van der Waals surface area contributed by atoms with Crippen LogP contribution in [-0.4, -0.2) is 38.5 Å². The van der Waals surface area contributed by atoms with Crippen LogP contribution in [0.2, 0.25) is 0 Å². The van der Waals surface area contributed by atoms with Crippen molar-refractivity contribution in [1.29, 1.82) is 0 Å². The van der Waals surface area contributed by atoms with Gasteiger partial charge in [0.15, 0.2) is 6.61 Å². The quantitative estimate of drug-likeness (QED) is 0.285. The molecule has 3 aromatic rings. The summed E-state index contributed by atoms with van der Waals surface area (Å²) in [7, 11) is 0. The van der Waals surface area contributed by atoms with Crippen LogP contribution in [0, 0.1) is 0 Å². The standard InChI is InChI=1S/C27H28N2O4/c30-27(28-18-22-12-15-31-16-13-22)20-32-26-9-6-21(7-10-26)11-14-29-33-19-23-5-8-24-3-1-2-4-25(24)17-23/h1-10,12,14,17H,11,13,15-16,18-20H2,(H,28,30). The molecule has 1 heterocycles. The zero-order chi connectivity index (χ0) is 22.7. The van der Waals surface area contributed by atoms with Crippen LogP contribution in [0.1, 0.15) is 17.5 Å². The average molecular weight is 445 g/mol. The second kappa shape index (κ2) is 11.8. The lowest BCUT2D eigenvalue weighted by Crippen LogP contribution is -2.31. The van der Waals surface area contributed by atoms with Gasteiger partial charge in [-0.3, -0.25) is 4.79 Å². The highest BCUT2D eigenvalue weighted by Gasteiger charge is 2.07. The lowest BCUT2D eigenvalue weighted by atomic mass is 10.1. The molecule has 0 atom stereocenters. The first kappa shape index (κ1) is 22.6. The van der Waals surface area contributed by atoms with E-state index in [9.17, 15) is 4.79 Å². The van der Waals surface area contributed by atoms with Gasteiger partial charge in [0, 0.05) is 19.2 Å². The molecule has 3 aromatic carbocycles. The molecule has 0 unspecified atom stereocenters. The normalized spacial score (nSPS) is 13.6. The zero-order valence-electron chi connectivity index (χ0n) is 18.5. The number of rotatable bonds is 10. The molecular formula is C27H28N2O4. The molecule has 1 aliphatic rings. The second-order valence-electron chi connectivity index (χ2n) is 7.84. The minimum Gasteiger partial charge on any atom is -0.484 e. The summed E-state index contributed by atoms with van der Waals surface area (Å²) >= 11 is 0. The van der Waals surface area contributed by atoms with Gasteiger partial charge in [-0.1, -0.05) is 65.3 Å². The summed E-state index contributed by atoms with van der Waals surface area (Å²) in [5.41, 5.74) is 3.36. The van der Waals surface area contributed by atoms with Crippen molar-refractivity contribution in [3.8, 4) is 5.75 Å². The summed E-state index contributed by atoms with van der Waals surface area (Å²) in [5.74, 6) is 0.519. The Bertz CT molecular complexity index is 1120. The summed E-state index contributed by atoms with van der Waals surface area (Å²) in [4.78, 5) is 17.4. The van der Waals surface area contributed by atoms with Gasteiger partial charge in [0.05, 0.1) is 13.2 Å². The number of hydrogen-bond donors (Lipinski definition) is 1. The number of nitrogens with zero attached hydrogens (tertiary/aromatic N) is 1. The maximum atomic E-state index is 12.0. The third-order valence-electron chi connectivity index (χ3n) is 5.38. The molecule has 0 aromatic heterocycles. The van der Waals surface area contributed by atoms with Gasteiger partial charge in [-0.05, 0) is 46.5 Å². The Hall–Kier alpha value is -3.64. The zero-order valence-corrected chi connectivity index (χ0v) is 18.5. The Labute approximate surface area is 193 Å². The van der Waals surface area contributed by atoms with Crippen molar-refractivity contribution < 1.29 is 19.1 Å². The van der Waals surface area contributed by atoms with Crippen molar-refractivity contribution in [1.82, 2.24) is 5.32 Å². The van der Waals surface area contributed by atoms with Crippen LogP contribution in [0.3, 0.4) is 0 Å². The summed E-state index contributed by atoms with van der Waals surface area (Å²) in [5, 5.41) is 9.34. The minimum atomic E-state index is -0.137. The Morgan fingerprint density at radius 2 is 1.85 bits per heavy atom. The van der Waals surface area contributed by atoms with Crippen LogP contribution < -0.4 is 10.1 Å². The van der Waals surface area contributed by atoms with E-state index < -0.39 is 0 Å². The van der Waals surface area contributed by atoms with E-state index in [2.05, 4.69) is 40.8 Å². The van der Waals surface area contributed by atoms with Gasteiger partial charge in [-0.25, -0.2) is 0 Å². The minimum absolute atomic E-state index is 0.00675. The maximum absolute atomic E-state index is 12.0. The van der Waals surface area contributed by atoms with Crippen molar-refractivity contribution in [2.75, 3.05) is 26.4 Å². The molecule has 1 aliphatic heterocycles. The first-order valence-corrected chi connectivity index (χ1v) is 11.1. The molecule has 1 amide bonds. The Morgan fingerprint density at radius 3 is 2.67 bits per heavy atom. The van der Waals surface area contributed by atoms with Gasteiger partial charge < -0.3 is 19.6 Å². The van der Waals surface area contributed by atoms with E-state index in [1.165, 1.54) is 16.3 Å². The molecule has 6 nitrogen and oxygen atoms in total. The monoisotopic (exact) mass is 444 g/mol. The molecule has 1 N–H and O–H groups in total. The average Bonchev–Trinajstić information content (AvgIpc) is 2.87. The third-order valence-corrected chi connectivity index (χ3v) is 5.38. The molecule has 0 aliphatic carbocycles. The van der Waals surface area contributed by atoms with Crippen molar-refractivity contribution >= 4 is 22.9 Å². The fourth-order valence-electron chi connectivity index (χ4n) is 3.50. The largest absolute Gasteiger partial charge is 0.484 e. The SMILES string of the molecule is O=C(COc1ccc(CC=NOCc2ccc3ccccc3c2)cc1)NCC1=CCOCC1. The number of benzene rings is 3. The number of ether oxygens (including phenoxy) is 2. The predicted octanol–water partition coefficient (Wildman–Crippen LogP) is 4.43. The molecule has 0 saturated carbocycles. The van der Waals surface area contributed by atoms with E-state index in [0.29, 0.717) is 38.5 Å². The molecule has 0 fully saturated rings. The van der Waals surface area contributed by atoms with Gasteiger partial charge in [0.2, 0.25) is 0 Å². The third kappa shape index (κ3) is 7.19. The first-order valence-electron chi connectivity index (χ1n) is 11.1. The molecule has 0 radical (unpaired) electrons. The van der Waals surface area contributed by atoms with Gasteiger partial charge in [0.25, 0.3) is 5.91 Å². The second-order valence-corrected chi connectivity index (χ2v) is 7.84. The van der Waals surface area contributed by atoms with Crippen molar-refractivity contribution in [2.45, 2.75) is 19.4 Å². The summed E-state index contributed by atoms with van der Waals surface area (Å²) in [6, 6.07) is 22.1. The lowest BCUT2D eigenvalue weighted by Gasteiger charge is -2.14. The van der Waals surface area contributed by atoms with Gasteiger partial charge >= 0.3 is 0 Å². The van der Waals surface area contributed by atoms with E-state index in [-0.39, 0.29) is 12.5 Å². The number of amides is 1. The van der Waals surface area contributed by atoms with E-state index in [1.54, 1.807) is 6.21 Å². The van der Waals surface area contributed by atoms with Crippen LogP contribution in [0.25, 0.3) is 10.8 Å². The molecule has 6 heteroatoms. The molecule has 170 valence electrons. The predicted molar refractivity (Wildman–Crippen MR) is 129 cm³/mol. The van der Waals surface area contributed by atoms with Crippen LogP contribution in [0.4, 0.5) is 0 Å². The fourth-order valence-corrected chi connectivity index (χ4v) is 3.50. The van der Waals surface area contributed by atoms with E-state index in [4.69, 9.17) is 14.3 Å². The lowest BCUT2D eigenvalue weighted by molar-refractivity contribution is -0.122. The molecule has 0 spiro atoms. The molecule has 0 saturated heterocycles. The van der Waals surface area contributed by atoms with Crippen molar-refractivity contribution in [3.63, 3.8) is 0 Å². The first-order chi connectivity index (χ1) is 16.3. The fraction of sp³-hybridized carbons (Fsp3) is 0.259. The Morgan fingerprint density at radius 1 is 1.03 bits per heavy atom. The molecule has 0 bridgehead atoms. The topological polar surface area (TPSA) is 69.2 Å². The van der Waals surface area contributed by atoms with Crippen molar-refractivity contribution in [2.24, 2.45) is 5.16 Å². The maximum Gasteiger partial charge on any atom is 0.258 e. The Balaban J connectivity index is 1.15. The molecule has 4 rings (SSSR count). The summed E-state index contributed by atoms with van der Waals surface area (Å²) in [6.45, 7) is 2.31. The Kier molecular flexibility index (Phi) is 8.08. The van der Waals surface area contributed by atoms with Crippen LogP contribution in [0.15, 0.2) is 83.5 Å². The number of oxime groups is 1. The van der Waals surface area contributed by atoms with Gasteiger partial charge in [-0.2, -0.15) is 0 Å². The highest BCUT2D eigenvalue weighted by atomic mass is 16.6. The number of fused-ring (bicyclic) bond motifs is 1. The molecule has 33 heavy (non-hydrogen) atoms. The highest BCUT2D eigenvalue weighted by Crippen LogP contribution is 2.16. The van der Waals surface area contributed by atoms with Gasteiger partial charge in [0.1, 0.15) is 12.4 Å². The number of carbonyl (C=O) groups excluding carboxylic acids is 1. The summed E-state index contributed by atoms with van der Waals surface area (Å²) < 4.78 is 10.8. The number of hydrogen-bond acceptors (Lipinski definition) is 5. The van der Waals surface area contributed by atoms with E-state index in [1.807, 2.05) is 42.5 Å². The van der Waals surface area contributed by atoms with Crippen LogP contribution >= 0.6 is 0 Å². The molecular weight excluding hydrogens is 416 g/mol. The van der Waals surface area contributed by atoms with Crippen molar-refractivity contribution in [3.05, 3.63) is 89.5 Å². The smallest absolute Gasteiger partial charge is 0.258 e. The summed E-state index contributed by atoms with van der Waals surface area (Å²) in [6.07, 6.45) is 5.27. The van der Waals surface area contributed by atoms with Crippen LogP contribution in [-0.2, 0) is 27.4 Å². The van der Waals surface area contributed by atoms with E-state index >= 15 is 0 Å². The number of nitrogens with one attached hydrogen (secondary N) is 1. The number of carbonyl (C=O) groups is 1. The van der Waals surface area contributed by atoms with Crippen LogP contribution in [0.5, 0.6) is 5.75 Å².